The second-order valence-electron chi connectivity index (χ2n) is 20.1. The normalized spacial score (nSPS) is 32.5. The maximum Gasteiger partial charge on any atom is 0.220 e. The minimum Gasteiger partial charge on any atom is -0.394 e. The van der Waals surface area contributed by atoms with E-state index in [-0.39, 0.29) is 18.9 Å². The molecule has 3 rings (SSSR count). The molecule has 0 saturated carbocycles. The number of ether oxygens (including phenoxy) is 6. The lowest BCUT2D eigenvalue weighted by atomic mass is 9.96. The zero-order valence-electron chi connectivity index (χ0n) is 42.5. The van der Waals surface area contributed by atoms with E-state index >= 15 is 0 Å². The smallest absolute Gasteiger partial charge is 0.220 e. The summed E-state index contributed by atoms with van der Waals surface area (Å²) in [5, 5.41) is 120. The second-order valence-corrected chi connectivity index (χ2v) is 20.1. The van der Waals surface area contributed by atoms with Gasteiger partial charge in [0.15, 0.2) is 18.9 Å². The van der Waals surface area contributed by atoms with Gasteiger partial charge in [0.2, 0.25) is 5.91 Å². The van der Waals surface area contributed by atoms with Crippen LogP contribution in [0, 0.1) is 0 Å². The molecule has 0 aromatic heterocycles. The summed E-state index contributed by atoms with van der Waals surface area (Å²) in [5.74, 6) is -0.251. The molecular weight excluding hydrogens is 915 g/mol. The number of rotatable bonds is 39. The van der Waals surface area contributed by atoms with E-state index in [0.29, 0.717) is 12.8 Å². The van der Waals surface area contributed by atoms with Gasteiger partial charge < -0.3 is 89.9 Å². The standard InChI is InChI=1S/C51H97NO18/c1-3-5-7-9-11-12-13-14-15-16-17-18-19-20-21-22-23-24-26-28-35(56)34(52-39(57)29-27-25-10-8-6-4-2)33-65-49-45(63)42(60)47(37(31-54)67-49)70-51-46(64)43(61)48(38(32-55)68-51)69-50-44(62)41(59)40(58)36(30-53)66-50/h34-38,40-51,53-56,58-64H,3-33H2,1-2H3,(H,52,57). The van der Waals surface area contributed by atoms with Crippen LogP contribution in [0.25, 0.3) is 0 Å². The van der Waals surface area contributed by atoms with Crippen LogP contribution in [0.1, 0.15) is 187 Å². The van der Waals surface area contributed by atoms with Crippen LogP contribution in [0.15, 0.2) is 0 Å². The van der Waals surface area contributed by atoms with Gasteiger partial charge in [0.25, 0.3) is 0 Å². The van der Waals surface area contributed by atoms with E-state index in [1.165, 1.54) is 96.3 Å². The van der Waals surface area contributed by atoms with Crippen molar-refractivity contribution in [1.29, 1.82) is 0 Å². The van der Waals surface area contributed by atoms with Crippen LogP contribution in [0.2, 0.25) is 0 Å². The highest BCUT2D eigenvalue weighted by Crippen LogP contribution is 2.33. The minimum absolute atomic E-state index is 0.251. The second kappa shape index (κ2) is 36.7. The van der Waals surface area contributed by atoms with Crippen molar-refractivity contribution in [1.82, 2.24) is 5.32 Å². The van der Waals surface area contributed by atoms with Gasteiger partial charge in [-0.25, -0.2) is 0 Å². The molecule has 3 heterocycles. The van der Waals surface area contributed by atoms with Crippen molar-refractivity contribution in [3.05, 3.63) is 0 Å². The topological polar surface area (TPSA) is 307 Å². The Hall–Kier alpha value is -1.21. The summed E-state index contributed by atoms with van der Waals surface area (Å²) >= 11 is 0. The molecule has 414 valence electrons. The van der Waals surface area contributed by atoms with E-state index < -0.39 is 124 Å². The van der Waals surface area contributed by atoms with Gasteiger partial charge in [-0.05, 0) is 12.8 Å². The van der Waals surface area contributed by atoms with Crippen LogP contribution >= 0.6 is 0 Å². The number of carbonyl (C=O) groups is 1. The van der Waals surface area contributed by atoms with E-state index in [0.717, 1.165) is 57.8 Å². The molecular formula is C51H97NO18. The average Bonchev–Trinajstić information content (AvgIpc) is 3.35. The van der Waals surface area contributed by atoms with E-state index in [1.54, 1.807) is 0 Å². The number of amides is 1. The van der Waals surface area contributed by atoms with Crippen molar-refractivity contribution < 1.29 is 89.4 Å². The minimum atomic E-state index is -1.97. The molecule has 3 aliphatic rings. The largest absolute Gasteiger partial charge is 0.394 e. The van der Waals surface area contributed by atoms with Crippen LogP contribution in [-0.4, -0.2) is 193 Å². The molecule has 19 nitrogen and oxygen atoms in total. The average molecular weight is 1010 g/mol. The lowest BCUT2D eigenvalue weighted by Gasteiger charge is -2.48. The first-order valence-corrected chi connectivity index (χ1v) is 27.3. The highest BCUT2D eigenvalue weighted by Gasteiger charge is 2.53. The summed E-state index contributed by atoms with van der Waals surface area (Å²) in [4.78, 5) is 13.1. The lowest BCUT2D eigenvalue weighted by molar-refractivity contribution is -0.379. The molecule has 70 heavy (non-hydrogen) atoms. The van der Waals surface area contributed by atoms with Crippen molar-refractivity contribution in [2.24, 2.45) is 0 Å². The van der Waals surface area contributed by atoms with Crippen molar-refractivity contribution >= 4 is 5.91 Å². The SMILES string of the molecule is CCCCCCCCCCCCCCCCCCCCCC(O)C(COC1OC(CO)C(OC2OC(CO)C(OC3OC(CO)C(O)C(O)C3O)C(O)C2O)C(O)C1O)NC(=O)CCCCCCCC. The fraction of sp³-hybridized carbons (Fsp3) is 0.980. The summed E-state index contributed by atoms with van der Waals surface area (Å²) < 4.78 is 34.1. The summed E-state index contributed by atoms with van der Waals surface area (Å²) in [6.45, 7) is 1.71. The molecule has 0 spiro atoms. The molecule has 17 atom stereocenters. The Balaban J connectivity index is 1.47. The Morgan fingerprint density at radius 1 is 0.457 bits per heavy atom. The van der Waals surface area contributed by atoms with Crippen LogP contribution in [0.5, 0.6) is 0 Å². The van der Waals surface area contributed by atoms with Gasteiger partial charge in [0.1, 0.15) is 73.2 Å². The zero-order chi connectivity index (χ0) is 51.3. The molecule has 3 saturated heterocycles. The molecule has 3 fully saturated rings. The van der Waals surface area contributed by atoms with Crippen molar-refractivity contribution in [2.45, 2.75) is 291 Å². The molecule has 3 aliphatic heterocycles. The van der Waals surface area contributed by atoms with Gasteiger partial charge in [-0.2, -0.15) is 0 Å². The Morgan fingerprint density at radius 2 is 0.814 bits per heavy atom. The molecule has 0 bridgehead atoms. The van der Waals surface area contributed by atoms with Crippen LogP contribution in [0.4, 0.5) is 0 Å². The van der Waals surface area contributed by atoms with Crippen molar-refractivity contribution in [3.63, 3.8) is 0 Å². The van der Waals surface area contributed by atoms with E-state index in [9.17, 15) is 61.0 Å². The Bertz CT molecular complexity index is 1300. The fourth-order valence-electron chi connectivity index (χ4n) is 9.61. The first-order chi connectivity index (χ1) is 33.8. The number of hydrogen-bond donors (Lipinski definition) is 12. The molecule has 0 aromatic rings. The maximum atomic E-state index is 13.1. The third-order valence-corrected chi connectivity index (χ3v) is 14.2. The zero-order valence-corrected chi connectivity index (χ0v) is 42.5. The monoisotopic (exact) mass is 1010 g/mol. The first kappa shape index (κ1) is 63.1. The number of aliphatic hydroxyl groups excluding tert-OH is 11. The number of hydrogen-bond acceptors (Lipinski definition) is 18. The molecule has 0 radical (unpaired) electrons. The van der Waals surface area contributed by atoms with Gasteiger partial charge in [-0.1, -0.05) is 168 Å². The summed E-state index contributed by atoms with van der Waals surface area (Å²) in [6, 6.07) is -0.876. The molecule has 0 aromatic carbocycles. The molecule has 12 N–H and O–H groups in total. The summed E-state index contributed by atoms with van der Waals surface area (Å²) in [5.41, 5.74) is 0. The highest BCUT2D eigenvalue weighted by atomic mass is 16.8. The summed E-state index contributed by atoms with van der Waals surface area (Å²) in [7, 11) is 0. The third kappa shape index (κ3) is 21.9. The van der Waals surface area contributed by atoms with Gasteiger partial charge in [-0.15, -0.1) is 0 Å². The van der Waals surface area contributed by atoms with E-state index in [1.807, 2.05) is 0 Å². The van der Waals surface area contributed by atoms with Crippen molar-refractivity contribution in [2.75, 3.05) is 26.4 Å². The summed E-state index contributed by atoms with van der Waals surface area (Å²) in [6.07, 6.45) is 3.94. The van der Waals surface area contributed by atoms with Gasteiger partial charge in [0, 0.05) is 6.42 Å². The van der Waals surface area contributed by atoms with Gasteiger partial charge in [0.05, 0.1) is 38.6 Å². The first-order valence-electron chi connectivity index (χ1n) is 27.3. The highest BCUT2D eigenvalue weighted by molar-refractivity contribution is 5.76. The van der Waals surface area contributed by atoms with Gasteiger partial charge in [-0.3, -0.25) is 4.79 Å². The predicted octanol–water partition coefficient (Wildman–Crippen LogP) is 2.87. The van der Waals surface area contributed by atoms with Crippen LogP contribution in [-0.2, 0) is 33.2 Å². The maximum absolute atomic E-state index is 13.1. The lowest BCUT2D eigenvalue weighted by Crippen LogP contribution is -2.66. The molecule has 19 heteroatoms. The van der Waals surface area contributed by atoms with E-state index in [4.69, 9.17) is 28.4 Å². The molecule has 0 aliphatic carbocycles. The number of aliphatic hydroxyl groups is 11. The Morgan fingerprint density at radius 3 is 1.24 bits per heavy atom. The molecule has 1 amide bonds. The third-order valence-electron chi connectivity index (χ3n) is 14.2. The quantitative estimate of drug-likeness (QED) is 0.0394. The fourth-order valence-corrected chi connectivity index (χ4v) is 9.61. The van der Waals surface area contributed by atoms with E-state index in [2.05, 4.69) is 19.2 Å². The van der Waals surface area contributed by atoms with Crippen LogP contribution < -0.4 is 5.32 Å². The predicted molar refractivity (Wildman–Crippen MR) is 259 cm³/mol. The Labute approximate surface area is 417 Å². The Kier molecular flexibility index (Phi) is 33.1. The number of carbonyl (C=O) groups excluding carboxylic acids is 1. The van der Waals surface area contributed by atoms with Crippen LogP contribution in [0.3, 0.4) is 0 Å². The number of unbranched alkanes of at least 4 members (excludes halogenated alkanes) is 23. The van der Waals surface area contributed by atoms with Crippen molar-refractivity contribution in [3.8, 4) is 0 Å². The number of nitrogens with one attached hydrogen (secondary N) is 1. The molecule has 17 unspecified atom stereocenters. The van der Waals surface area contributed by atoms with Gasteiger partial charge >= 0.3 is 0 Å².